The highest BCUT2D eigenvalue weighted by Crippen LogP contribution is 2.53. The first-order chi connectivity index (χ1) is 8.23. The standard InChI is InChI=1S/C13H19NO2S/c1-14-9-13(6-7-13)17-12-8-10(15-2)4-5-11(12)16-3/h4-5,8,14H,6-7,9H2,1-3H3. The molecule has 0 aromatic heterocycles. The Morgan fingerprint density at radius 3 is 2.59 bits per heavy atom. The SMILES string of the molecule is CNCC1(Sc2cc(OC)ccc2OC)CC1. The van der Waals surface area contributed by atoms with Crippen LogP contribution >= 0.6 is 11.8 Å². The van der Waals surface area contributed by atoms with Gasteiger partial charge >= 0.3 is 0 Å². The lowest BCUT2D eigenvalue weighted by Gasteiger charge is -2.16. The second-order valence-electron chi connectivity index (χ2n) is 4.33. The van der Waals surface area contributed by atoms with Crippen molar-refractivity contribution in [2.24, 2.45) is 0 Å². The fraction of sp³-hybridized carbons (Fsp3) is 0.538. The molecule has 0 aliphatic heterocycles. The van der Waals surface area contributed by atoms with Crippen LogP contribution in [0.25, 0.3) is 0 Å². The van der Waals surface area contributed by atoms with Crippen molar-refractivity contribution >= 4 is 11.8 Å². The number of hydrogen-bond acceptors (Lipinski definition) is 4. The van der Waals surface area contributed by atoms with Crippen LogP contribution < -0.4 is 14.8 Å². The normalized spacial score (nSPS) is 16.6. The lowest BCUT2D eigenvalue weighted by molar-refractivity contribution is 0.394. The highest BCUT2D eigenvalue weighted by molar-refractivity contribution is 8.01. The van der Waals surface area contributed by atoms with E-state index in [4.69, 9.17) is 9.47 Å². The predicted octanol–water partition coefficient (Wildman–Crippen LogP) is 2.55. The van der Waals surface area contributed by atoms with Crippen LogP contribution in [0.5, 0.6) is 11.5 Å². The van der Waals surface area contributed by atoms with E-state index in [-0.39, 0.29) is 0 Å². The Morgan fingerprint density at radius 2 is 2.06 bits per heavy atom. The first kappa shape index (κ1) is 12.6. The van der Waals surface area contributed by atoms with Crippen molar-refractivity contribution < 1.29 is 9.47 Å². The average Bonchev–Trinajstić information content (AvgIpc) is 3.09. The Balaban J connectivity index is 2.18. The minimum absolute atomic E-state index is 0.356. The van der Waals surface area contributed by atoms with Crippen LogP contribution in [0.15, 0.2) is 23.1 Å². The van der Waals surface area contributed by atoms with E-state index < -0.39 is 0 Å². The third-order valence-electron chi connectivity index (χ3n) is 3.00. The summed E-state index contributed by atoms with van der Waals surface area (Å²) in [6, 6.07) is 5.95. The van der Waals surface area contributed by atoms with Gasteiger partial charge in [0.1, 0.15) is 11.5 Å². The second kappa shape index (κ2) is 5.19. The maximum absolute atomic E-state index is 5.40. The molecule has 0 saturated heterocycles. The zero-order chi connectivity index (χ0) is 12.3. The maximum atomic E-state index is 5.40. The van der Waals surface area contributed by atoms with Crippen molar-refractivity contribution in [1.82, 2.24) is 5.32 Å². The number of ether oxygens (including phenoxy) is 2. The molecular weight excluding hydrogens is 234 g/mol. The predicted molar refractivity (Wildman–Crippen MR) is 71.3 cm³/mol. The molecule has 0 atom stereocenters. The van der Waals surface area contributed by atoms with Gasteiger partial charge < -0.3 is 14.8 Å². The molecule has 0 unspecified atom stereocenters. The molecule has 1 fully saturated rings. The zero-order valence-electron chi connectivity index (χ0n) is 10.6. The van der Waals surface area contributed by atoms with E-state index in [1.165, 1.54) is 17.7 Å². The van der Waals surface area contributed by atoms with E-state index in [2.05, 4.69) is 11.4 Å². The zero-order valence-corrected chi connectivity index (χ0v) is 11.4. The van der Waals surface area contributed by atoms with Gasteiger partial charge in [-0.1, -0.05) is 0 Å². The van der Waals surface area contributed by atoms with Crippen LogP contribution in [0.3, 0.4) is 0 Å². The summed E-state index contributed by atoms with van der Waals surface area (Å²) in [6.07, 6.45) is 2.53. The Labute approximate surface area is 107 Å². The summed E-state index contributed by atoms with van der Waals surface area (Å²) >= 11 is 1.89. The maximum Gasteiger partial charge on any atom is 0.132 e. The summed E-state index contributed by atoms with van der Waals surface area (Å²) in [6.45, 7) is 1.04. The summed E-state index contributed by atoms with van der Waals surface area (Å²) in [5.41, 5.74) is 0. The van der Waals surface area contributed by atoms with Crippen molar-refractivity contribution in [2.45, 2.75) is 22.5 Å². The van der Waals surface area contributed by atoms with E-state index in [1.807, 2.05) is 30.9 Å². The number of benzene rings is 1. The van der Waals surface area contributed by atoms with E-state index >= 15 is 0 Å². The molecule has 1 saturated carbocycles. The number of rotatable bonds is 6. The third-order valence-corrected chi connectivity index (χ3v) is 4.53. The lowest BCUT2D eigenvalue weighted by Crippen LogP contribution is -2.22. The molecule has 1 N–H and O–H groups in total. The molecular formula is C13H19NO2S. The number of hydrogen-bond donors (Lipinski definition) is 1. The fourth-order valence-corrected chi connectivity index (χ4v) is 3.29. The monoisotopic (exact) mass is 253 g/mol. The van der Waals surface area contributed by atoms with Crippen molar-refractivity contribution in [3.63, 3.8) is 0 Å². The van der Waals surface area contributed by atoms with Crippen LogP contribution in [0.1, 0.15) is 12.8 Å². The summed E-state index contributed by atoms with van der Waals surface area (Å²) in [5.74, 6) is 1.81. The van der Waals surface area contributed by atoms with Crippen LogP contribution in [0.4, 0.5) is 0 Å². The molecule has 1 aliphatic carbocycles. The highest BCUT2D eigenvalue weighted by Gasteiger charge is 2.43. The Hall–Kier alpha value is -0.870. The van der Waals surface area contributed by atoms with Crippen LogP contribution in [-0.2, 0) is 0 Å². The Morgan fingerprint density at radius 1 is 1.29 bits per heavy atom. The highest BCUT2D eigenvalue weighted by atomic mass is 32.2. The van der Waals surface area contributed by atoms with Gasteiger partial charge in [0.2, 0.25) is 0 Å². The van der Waals surface area contributed by atoms with E-state index in [1.54, 1.807) is 14.2 Å². The molecule has 3 nitrogen and oxygen atoms in total. The minimum atomic E-state index is 0.356. The quantitative estimate of drug-likeness (QED) is 0.844. The van der Waals surface area contributed by atoms with Gasteiger partial charge in [-0.05, 0) is 38.1 Å². The molecule has 1 aromatic carbocycles. The third kappa shape index (κ3) is 2.87. The minimum Gasteiger partial charge on any atom is -0.497 e. The first-order valence-corrected chi connectivity index (χ1v) is 6.60. The number of thioether (sulfide) groups is 1. The summed E-state index contributed by atoms with van der Waals surface area (Å²) in [5, 5.41) is 3.26. The van der Waals surface area contributed by atoms with Crippen molar-refractivity contribution in [2.75, 3.05) is 27.8 Å². The summed E-state index contributed by atoms with van der Waals surface area (Å²) < 4.78 is 11.0. The van der Waals surface area contributed by atoms with Crippen LogP contribution in [0, 0.1) is 0 Å². The molecule has 94 valence electrons. The van der Waals surface area contributed by atoms with E-state index in [9.17, 15) is 0 Å². The van der Waals surface area contributed by atoms with Gasteiger partial charge in [-0.3, -0.25) is 0 Å². The van der Waals surface area contributed by atoms with Gasteiger partial charge in [0, 0.05) is 11.3 Å². The summed E-state index contributed by atoms with van der Waals surface area (Å²) in [4.78, 5) is 1.17. The van der Waals surface area contributed by atoms with Gasteiger partial charge in [-0.2, -0.15) is 0 Å². The van der Waals surface area contributed by atoms with Gasteiger partial charge in [0.05, 0.1) is 19.1 Å². The van der Waals surface area contributed by atoms with Gasteiger partial charge in [-0.25, -0.2) is 0 Å². The molecule has 1 aromatic rings. The van der Waals surface area contributed by atoms with Gasteiger partial charge in [0.25, 0.3) is 0 Å². The molecule has 1 aliphatic rings. The molecule has 0 heterocycles. The number of nitrogens with one attached hydrogen (secondary N) is 1. The van der Waals surface area contributed by atoms with E-state index in [0.717, 1.165) is 18.0 Å². The number of methoxy groups -OCH3 is 2. The Kier molecular flexibility index (Phi) is 3.84. The van der Waals surface area contributed by atoms with Crippen molar-refractivity contribution in [1.29, 1.82) is 0 Å². The lowest BCUT2D eigenvalue weighted by atomic mass is 10.3. The molecule has 0 spiro atoms. The van der Waals surface area contributed by atoms with Gasteiger partial charge in [0.15, 0.2) is 0 Å². The largest absolute Gasteiger partial charge is 0.497 e. The second-order valence-corrected chi connectivity index (χ2v) is 5.84. The summed E-state index contributed by atoms with van der Waals surface area (Å²) in [7, 11) is 5.41. The topological polar surface area (TPSA) is 30.5 Å². The Bertz CT molecular complexity index is 391. The van der Waals surface area contributed by atoms with Crippen molar-refractivity contribution in [3.8, 4) is 11.5 Å². The molecule has 4 heteroatoms. The first-order valence-electron chi connectivity index (χ1n) is 5.79. The molecule has 17 heavy (non-hydrogen) atoms. The molecule has 0 radical (unpaired) electrons. The molecule has 0 bridgehead atoms. The van der Waals surface area contributed by atoms with Crippen molar-refractivity contribution in [3.05, 3.63) is 18.2 Å². The smallest absolute Gasteiger partial charge is 0.132 e. The van der Waals surface area contributed by atoms with Crippen LogP contribution in [0.2, 0.25) is 0 Å². The van der Waals surface area contributed by atoms with Crippen LogP contribution in [-0.4, -0.2) is 32.6 Å². The van der Waals surface area contributed by atoms with Gasteiger partial charge in [-0.15, -0.1) is 11.8 Å². The molecule has 2 rings (SSSR count). The molecule has 0 amide bonds. The fourth-order valence-electron chi connectivity index (χ4n) is 1.87. The van der Waals surface area contributed by atoms with E-state index in [0.29, 0.717) is 4.75 Å². The average molecular weight is 253 g/mol.